The van der Waals surface area contributed by atoms with Crippen LogP contribution in [0, 0.1) is 0 Å². The summed E-state index contributed by atoms with van der Waals surface area (Å²) in [4.78, 5) is 23.3. The number of unbranched alkanes of at least 4 members (excludes halogenated alkanes) is 18. The second kappa shape index (κ2) is 32.4. The minimum Gasteiger partial charge on any atom is -0.393 e. The van der Waals surface area contributed by atoms with Gasteiger partial charge in [-0.25, -0.2) is 4.57 Å². The van der Waals surface area contributed by atoms with Crippen molar-refractivity contribution in [3.05, 3.63) is 36.5 Å². The monoisotopic (exact) mass is 820 g/mol. The number of nitrogens with one attached hydrogen (secondary N) is 1. The van der Waals surface area contributed by atoms with Crippen LogP contribution in [0.2, 0.25) is 0 Å². The topological polar surface area (TPSA) is 226 Å². The third-order valence-corrected chi connectivity index (χ3v) is 11.3. The zero-order chi connectivity index (χ0) is 41.6. The molecule has 0 aromatic rings. The van der Waals surface area contributed by atoms with Crippen LogP contribution >= 0.6 is 7.82 Å². The molecule has 1 saturated carbocycles. The fourth-order valence-electron chi connectivity index (χ4n) is 6.75. The van der Waals surface area contributed by atoms with Crippen LogP contribution < -0.4 is 5.32 Å². The summed E-state index contributed by atoms with van der Waals surface area (Å²) in [6.07, 6.45) is 21.4. The molecule has 1 aliphatic rings. The molecule has 1 aliphatic carbocycles. The van der Waals surface area contributed by atoms with Crippen LogP contribution in [0.15, 0.2) is 36.5 Å². The molecule has 0 bridgehead atoms. The van der Waals surface area contributed by atoms with Crippen LogP contribution in [-0.4, -0.2) is 108 Å². The number of carbonyl (C=O) groups excluding carboxylic acids is 1. The van der Waals surface area contributed by atoms with Gasteiger partial charge < -0.3 is 46.0 Å². The van der Waals surface area contributed by atoms with E-state index in [1.165, 1.54) is 89.5 Å². The zero-order valence-corrected chi connectivity index (χ0v) is 35.2. The first-order valence-electron chi connectivity index (χ1n) is 21.5. The first-order chi connectivity index (χ1) is 26.8. The van der Waals surface area contributed by atoms with E-state index in [9.17, 15) is 50.0 Å². The third kappa shape index (κ3) is 24.4. The molecule has 0 aromatic carbocycles. The van der Waals surface area contributed by atoms with Gasteiger partial charge in [0.25, 0.3) is 0 Å². The van der Waals surface area contributed by atoms with Gasteiger partial charge in [0.15, 0.2) is 0 Å². The molecule has 0 heterocycles. The number of allylic oxidation sites excluding steroid dienone is 5. The lowest BCUT2D eigenvalue weighted by molar-refractivity contribution is -0.220. The number of hydrogen-bond acceptors (Lipinski definition) is 11. The average Bonchev–Trinajstić information content (AvgIpc) is 3.17. The van der Waals surface area contributed by atoms with Crippen molar-refractivity contribution in [1.29, 1.82) is 0 Å². The molecule has 0 spiro atoms. The molecule has 14 heteroatoms. The van der Waals surface area contributed by atoms with Gasteiger partial charge in [-0.05, 0) is 39.0 Å². The number of amides is 1. The van der Waals surface area contributed by atoms with Crippen molar-refractivity contribution in [2.24, 2.45) is 0 Å². The maximum absolute atomic E-state index is 12.9. The predicted molar refractivity (Wildman–Crippen MR) is 220 cm³/mol. The van der Waals surface area contributed by atoms with Gasteiger partial charge in [0.2, 0.25) is 5.91 Å². The van der Waals surface area contributed by atoms with E-state index in [1.807, 2.05) is 19.1 Å². The highest BCUT2D eigenvalue weighted by Gasteiger charge is 2.51. The van der Waals surface area contributed by atoms with Crippen LogP contribution in [0.4, 0.5) is 0 Å². The Kier molecular flexibility index (Phi) is 30.4. The second-order valence-electron chi connectivity index (χ2n) is 15.4. The number of phosphoric acid groups is 1. The summed E-state index contributed by atoms with van der Waals surface area (Å²) >= 11 is 0. The van der Waals surface area contributed by atoms with Gasteiger partial charge in [-0.2, -0.15) is 0 Å². The van der Waals surface area contributed by atoms with Crippen molar-refractivity contribution in [3.8, 4) is 0 Å². The van der Waals surface area contributed by atoms with Crippen LogP contribution in [0.1, 0.15) is 162 Å². The minimum atomic E-state index is -5.14. The Morgan fingerprint density at radius 3 is 1.57 bits per heavy atom. The molecule has 1 fully saturated rings. The van der Waals surface area contributed by atoms with Crippen molar-refractivity contribution >= 4 is 13.7 Å². The summed E-state index contributed by atoms with van der Waals surface area (Å²) in [6, 6.07) is -1.26. The Balaban J connectivity index is 2.52. The fraction of sp³-hybridized carbons (Fsp3) is 0.833. The summed E-state index contributed by atoms with van der Waals surface area (Å²) in [5.74, 6) is -0.610. The van der Waals surface area contributed by atoms with E-state index >= 15 is 0 Å². The van der Waals surface area contributed by atoms with Gasteiger partial charge in [-0.15, -0.1) is 0 Å². The molecule has 8 unspecified atom stereocenters. The van der Waals surface area contributed by atoms with Crippen molar-refractivity contribution in [1.82, 2.24) is 5.32 Å². The molecule has 0 aromatic heterocycles. The van der Waals surface area contributed by atoms with Gasteiger partial charge in [0.05, 0.1) is 31.3 Å². The molecule has 1 amide bonds. The Labute approximate surface area is 336 Å². The molecule has 0 aliphatic heterocycles. The highest BCUT2D eigenvalue weighted by Crippen LogP contribution is 2.47. The van der Waals surface area contributed by atoms with Crippen molar-refractivity contribution in [3.63, 3.8) is 0 Å². The molecular weight excluding hydrogens is 741 g/mol. The van der Waals surface area contributed by atoms with Crippen LogP contribution in [0.5, 0.6) is 0 Å². The molecule has 0 saturated heterocycles. The summed E-state index contributed by atoms with van der Waals surface area (Å²) in [5, 5.41) is 74.1. The number of aliphatic hydroxyl groups is 7. The fourth-order valence-corrected chi connectivity index (χ4v) is 7.72. The number of hydrogen-bond donors (Lipinski definition) is 9. The molecule has 56 heavy (non-hydrogen) atoms. The number of carbonyl (C=O) groups is 1. The highest BCUT2D eigenvalue weighted by molar-refractivity contribution is 7.47. The van der Waals surface area contributed by atoms with E-state index in [2.05, 4.69) is 24.4 Å². The maximum atomic E-state index is 12.9. The van der Waals surface area contributed by atoms with Crippen molar-refractivity contribution < 1.29 is 59.0 Å². The maximum Gasteiger partial charge on any atom is 0.472 e. The molecule has 8 atom stereocenters. The van der Waals surface area contributed by atoms with Gasteiger partial charge in [0, 0.05) is 0 Å². The van der Waals surface area contributed by atoms with E-state index in [4.69, 9.17) is 9.05 Å². The smallest absolute Gasteiger partial charge is 0.393 e. The normalized spacial score (nSPS) is 24.5. The number of rotatable bonds is 34. The minimum absolute atomic E-state index is 0.254. The van der Waals surface area contributed by atoms with E-state index in [-0.39, 0.29) is 6.42 Å². The first-order valence-corrected chi connectivity index (χ1v) is 23.0. The average molecular weight is 820 g/mol. The van der Waals surface area contributed by atoms with Crippen LogP contribution in [0.25, 0.3) is 0 Å². The Bertz CT molecular complexity index is 1110. The molecule has 9 N–H and O–H groups in total. The third-order valence-electron chi connectivity index (χ3n) is 10.3. The quantitative estimate of drug-likeness (QED) is 0.0201. The second-order valence-corrected chi connectivity index (χ2v) is 16.8. The summed E-state index contributed by atoms with van der Waals surface area (Å²) in [7, 11) is -5.14. The van der Waals surface area contributed by atoms with E-state index in [1.54, 1.807) is 6.08 Å². The van der Waals surface area contributed by atoms with Crippen LogP contribution in [-0.2, 0) is 18.4 Å². The Morgan fingerprint density at radius 2 is 1.09 bits per heavy atom. The van der Waals surface area contributed by atoms with Crippen molar-refractivity contribution in [2.75, 3.05) is 6.61 Å². The van der Waals surface area contributed by atoms with Crippen molar-refractivity contribution in [2.45, 2.75) is 216 Å². The highest BCUT2D eigenvalue weighted by atomic mass is 31.2. The largest absolute Gasteiger partial charge is 0.472 e. The van der Waals surface area contributed by atoms with Gasteiger partial charge in [-0.1, -0.05) is 153 Å². The Morgan fingerprint density at radius 1 is 0.661 bits per heavy atom. The number of phosphoric ester groups is 1. The lowest BCUT2D eigenvalue weighted by Crippen LogP contribution is -2.64. The molecule has 0 radical (unpaired) electrons. The zero-order valence-electron chi connectivity index (χ0n) is 34.3. The van der Waals surface area contributed by atoms with Crippen LogP contribution in [0.3, 0.4) is 0 Å². The molecule has 13 nitrogen and oxygen atoms in total. The SMILES string of the molecule is C/C=C/CC/C=C/CC/C=C/C(O)C(COP(=O)(O)OC1C(O)C(O)C(O)C(O)C1O)NC(=O)CC(O)CCCCCCCCCCCCCCCCCCC. The lowest BCUT2D eigenvalue weighted by Gasteiger charge is -2.41. The number of aliphatic hydroxyl groups excluding tert-OH is 7. The summed E-state index contributed by atoms with van der Waals surface area (Å²) in [5.41, 5.74) is 0. The van der Waals surface area contributed by atoms with E-state index in [0.717, 1.165) is 38.5 Å². The molecule has 328 valence electrons. The first kappa shape index (κ1) is 52.5. The van der Waals surface area contributed by atoms with Gasteiger partial charge >= 0.3 is 7.82 Å². The van der Waals surface area contributed by atoms with Gasteiger partial charge in [0.1, 0.15) is 36.6 Å². The van der Waals surface area contributed by atoms with Gasteiger partial charge in [-0.3, -0.25) is 13.8 Å². The standard InChI is InChI=1S/C42H78NO12P/c1-3-5-7-9-11-13-14-15-16-17-18-19-20-22-23-25-27-29-33(44)31-36(46)43-34(35(45)30-28-26-24-21-12-10-8-6-4-2)32-54-56(52,53)55-42-40(50)38(48)37(47)39(49)41(42)51/h4,6,12,21,28,30,33-35,37-42,44-45,47-51H,3,5,7-11,13-20,22-27,29,31-32H2,1-2H3,(H,43,46)(H,52,53)/b6-4+,21-12+,30-28+. The Hall–Kier alpha value is -1.48. The molecule has 1 rings (SSSR count). The lowest BCUT2D eigenvalue weighted by atomic mass is 9.85. The summed E-state index contributed by atoms with van der Waals surface area (Å²) in [6.45, 7) is 3.46. The molecular formula is C42H78NO12P. The van der Waals surface area contributed by atoms with E-state index in [0.29, 0.717) is 19.3 Å². The predicted octanol–water partition coefficient (Wildman–Crippen LogP) is 6.19. The van der Waals surface area contributed by atoms with E-state index < -0.39 is 75.2 Å². The summed E-state index contributed by atoms with van der Waals surface area (Å²) < 4.78 is 22.7.